The average molecular weight is 532 g/mol. The Labute approximate surface area is 221 Å². The van der Waals surface area contributed by atoms with Crippen molar-refractivity contribution in [3.63, 3.8) is 0 Å². The second-order valence-electron chi connectivity index (χ2n) is 10.2. The Balaban J connectivity index is 1.66. The molecule has 0 atom stereocenters. The number of rotatable bonds is 5. The van der Waals surface area contributed by atoms with Crippen molar-refractivity contribution < 1.29 is 17.9 Å². The van der Waals surface area contributed by atoms with E-state index in [1.807, 2.05) is 44.3 Å². The molecule has 9 nitrogen and oxygen atoms in total. The predicted octanol–water partition coefficient (Wildman–Crippen LogP) is 5.16. The minimum atomic E-state index is -4.01. The molecule has 0 unspecified atom stereocenters. The maximum Gasteiger partial charge on any atom is 0.407 e. The molecule has 0 aliphatic carbocycles. The lowest BCUT2D eigenvalue weighted by molar-refractivity contribution is 0.0523. The fourth-order valence-electron chi connectivity index (χ4n) is 4.38. The molecule has 5 aromatic rings. The van der Waals surface area contributed by atoms with Gasteiger partial charge in [0, 0.05) is 30.6 Å². The number of aryl methyl sites for hydroxylation is 2. The maximum atomic E-state index is 14.0. The van der Waals surface area contributed by atoms with Crippen LogP contribution in [0.5, 0.6) is 0 Å². The zero-order valence-corrected chi connectivity index (χ0v) is 22.7. The monoisotopic (exact) mass is 531 g/mol. The number of nitrogens with zero attached hydrogens (tertiary/aromatic N) is 4. The summed E-state index contributed by atoms with van der Waals surface area (Å²) in [5.41, 5.74) is 3.36. The number of ether oxygens (including phenoxy) is 1. The number of hydrogen-bond acceptors (Lipinski definition) is 6. The summed E-state index contributed by atoms with van der Waals surface area (Å²) < 4.78 is 36.4. The number of amides is 1. The van der Waals surface area contributed by atoms with Crippen LogP contribution in [0.15, 0.2) is 71.9 Å². The molecule has 196 valence electrons. The first-order chi connectivity index (χ1) is 17.9. The lowest BCUT2D eigenvalue weighted by atomic mass is 10.1. The van der Waals surface area contributed by atoms with E-state index in [4.69, 9.17) is 4.74 Å². The van der Waals surface area contributed by atoms with Gasteiger partial charge in [-0.25, -0.2) is 22.2 Å². The predicted molar refractivity (Wildman–Crippen MR) is 146 cm³/mol. The molecule has 0 bridgehead atoms. The molecule has 0 fully saturated rings. The molecule has 0 aliphatic heterocycles. The van der Waals surface area contributed by atoms with Crippen LogP contribution in [0.4, 0.5) is 4.79 Å². The van der Waals surface area contributed by atoms with Crippen molar-refractivity contribution in [1.29, 1.82) is 0 Å². The van der Waals surface area contributed by atoms with Crippen LogP contribution in [0.1, 0.15) is 31.9 Å². The summed E-state index contributed by atoms with van der Waals surface area (Å²) in [5, 5.41) is 8.57. The summed E-state index contributed by atoms with van der Waals surface area (Å²) in [6.07, 6.45) is 2.81. The lowest BCUT2D eigenvalue weighted by Gasteiger charge is -2.19. The summed E-state index contributed by atoms with van der Waals surface area (Å²) in [6, 6.07) is 16.0. The highest BCUT2D eigenvalue weighted by Gasteiger charge is 2.26. The van der Waals surface area contributed by atoms with Gasteiger partial charge in [-0.15, -0.1) is 0 Å². The summed E-state index contributed by atoms with van der Waals surface area (Å²) in [5.74, 6) is 0. The summed E-state index contributed by atoms with van der Waals surface area (Å²) in [6.45, 7) is 7.53. The van der Waals surface area contributed by atoms with E-state index in [-0.39, 0.29) is 11.4 Å². The molecule has 1 amide bonds. The third-order valence-corrected chi connectivity index (χ3v) is 7.82. The third-order valence-electron chi connectivity index (χ3n) is 6.10. The van der Waals surface area contributed by atoms with Crippen LogP contribution in [0.3, 0.4) is 0 Å². The molecular weight excluding hydrogens is 502 g/mol. The zero-order valence-electron chi connectivity index (χ0n) is 21.9. The fourth-order valence-corrected chi connectivity index (χ4v) is 5.86. The molecular formula is C28H29N5O4S. The highest BCUT2D eigenvalue weighted by atomic mass is 32.2. The first-order valence-corrected chi connectivity index (χ1v) is 13.6. The normalized spacial score (nSPS) is 12.2. The van der Waals surface area contributed by atoms with E-state index in [1.54, 1.807) is 62.1 Å². The van der Waals surface area contributed by atoms with E-state index >= 15 is 0 Å². The smallest absolute Gasteiger partial charge is 0.407 e. The van der Waals surface area contributed by atoms with Crippen molar-refractivity contribution in [3.05, 3.63) is 78.1 Å². The number of pyridine rings is 1. The molecule has 0 saturated heterocycles. The number of hydrogen-bond donors (Lipinski definition) is 1. The van der Waals surface area contributed by atoms with Gasteiger partial charge < -0.3 is 10.1 Å². The SMILES string of the molecule is Cc1ccc(S(=O)(=O)n2c(-c3cccc(CNC(=O)OC(C)(C)C)c3)cc3c4c(cnc32)cnn4C)cc1. The molecule has 1 N–H and O–H groups in total. The van der Waals surface area contributed by atoms with Crippen molar-refractivity contribution >= 4 is 38.1 Å². The number of carbonyl (C=O) groups excluding carboxylic acids is 1. The Morgan fingerprint density at radius 3 is 2.50 bits per heavy atom. The van der Waals surface area contributed by atoms with Gasteiger partial charge in [-0.2, -0.15) is 5.10 Å². The van der Waals surface area contributed by atoms with Gasteiger partial charge >= 0.3 is 6.09 Å². The summed E-state index contributed by atoms with van der Waals surface area (Å²) >= 11 is 0. The molecule has 2 aromatic carbocycles. The first kappa shape index (κ1) is 25.5. The van der Waals surface area contributed by atoms with E-state index in [1.165, 1.54) is 3.97 Å². The van der Waals surface area contributed by atoms with E-state index in [0.717, 1.165) is 22.0 Å². The van der Waals surface area contributed by atoms with Crippen LogP contribution < -0.4 is 5.32 Å². The van der Waals surface area contributed by atoms with E-state index < -0.39 is 21.7 Å². The fraction of sp³-hybridized carbons (Fsp3) is 0.250. The lowest BCUT2D eigenvalue weighted by Crippen LogP contribution is -2.32. The third kappa shape index (κ3) is 4.74. The number of aromatic nitrogens is 4. The molecule has 0 radical (unpaired) electrons. The zero-order chi connectivity index (χ0) is 27.2. The molecule has 3 aromatic heterocycles. The van der Waals surface area contributed by atoms with E-state index in [9.17, 15) is 13.2 Å². The minimum absolute atomic E-state index is 0.163. The molecule has 0 spiro atoms. The van der Waals surface area contributed by atoms with Crippen LogP contribution >= 0.6 is 0 Å². The van der Waals surface area contributed by atoms with Gasteiger partial charge in [-0.05, 0) is 63.1 Å². The molecule has 0 saturated carbocycles. The van der Waals surface area contributed by atoms with E-state index in [2.05, 4.69) is 15.4 Å². The molecule has 0 aliphatic rings. The largest absolute Gasteiger partial charge is 0.444 e. The van der Waals surface area contributed by atoms with Crippen LogP contribution in [0.25, 0.3) is 33.2 Å². The Morgan fingerprint density at radius 1 is 1.05 bits per heavy atom. The molecule has 3 heterocycles. The Kier molecular flexibility index (Phi) is 6.22. The van der Waals surface area contributed by atoms with Gasteiger partial charge in [0.25, 0.3) is 10.0 Å². The Morgan fingerprint density at radius 2 is 1.79 bits per heavy atom. The summed E-state index contributed by atoms with van der Waals surface area (Å²) in [4.78, 5) is 16.9. The number of carbonyl (C=O) groups is 1. The first-order valence-electron chi connectivity index (χ1n) is 12.1. The Hall–Kier alpha value is -4.18. The average Bonchev–Trinajstić information content (AvgIpc) is 3.43. The van der Waals surface area contributed by atoms with Gasteiger partial charge in [0.2, 0.25) is 0 Å². The van der Waals surface area contributed by atoms with Crippen molar-refractivity contribution in [3.8, 4) is 11.3 Å². The van der Waals surface area contributed by atoms with Crippen molar-refractivity contribution in [2.24, 2.45) is 7.05 Å². The van der Waals surface area contributed by atoms with Gasteiger partial charge in [-0.3, -0.25) is 4.68 Å². The molecule has 38 heavy (non-hydrogen) atoms. The van der Waals surface area contributed by atoms with Gasteiger partial charge in [0.1, 0.15) is 5.60 Å². The second kappa shape index (κ2) is 9.29. The van der Waals surface area contributed by atoms with Crippen molar-refractivity contribution in [2.45, 2.75) is 44.7 Å². The van der Waals surface area contributed by atoms with Crippen LogP contribution in [-0.4, -0.2) is 38.8 Å². The Bertz CT molecular complexity index is 1780. The standard InChI is InChI=1S/C28H29N5O4S/c1-18-9-11-22(12-10-18)38(35,36)33-24(14-23-25-21(16-29-26(23)33)17-31-32(25)5)20-8-6-7-19(13-20)15-30-27(34)37-28(2,3)4/h6-14,16-17H,15H2,1-5H3,(H,30,34). The quantitative estimate of drug-likeness (QED) is 0.336. The van der Waals surface area contributed by atoms with Gasteiger partial charge in [0.05, 0.1) is 22.3 Å². The van der Waals surface area contributed by atoms with Gasteiger partial charge in [-0.1, -0.05) is 35.9 Å². The second-order valence-corrected chi connectivity index (χ2v) is 12.0. The van der Waals surface area contributed by atoms with Crippen LogP contribution in [0.2, 0.25) is 0 Å². The van der Waals surface area contributed by atoms with Crippen LogP contribution in [-0.2, 0) is 28.4 Å². The minimum Gasteiger partial charge on any atom is -0.444 e. The maximum absolute atomic E-state index is 14.0. The number of fused-ring (bicyclic) bond motifs is 3. The van der Waals surface area contributed by atoms with Crippen molar-refractivity contribution in [2.75, 3.05) is 0 Å². The highest BCUT2D eigenvalue weighted by Crippen LogP contribution is 2.35. The summed E-state index contributed by atoms with van der Waals surface area (Å²) in [7, 11) is -2.19. The van der Waals surface area contributed by atoms with Gasteiger partial charge in [0.15, 0.2) is 5.65 Å². The number of nitrogens with one attached hydrogen (secondary N) is 1. The number of benzene rings is 2. The molecule has 5 rings (SSSR count). The van der Waals surface area contributed by atoms with E-state index in [0.29, 0.717) is 22.3 Å². The number of alkyl carbamates (subject to hydrolysis) is 1. The van der Waals surface area contributed by atoms with Crippen LogP contribution in [0, 0.1) is 6.92 Å². The topological polar surface area (TPSA) is 108 Å². The molecule has 10 heteroatoms. The highest BCUT2D eigenvalue weighted by molar-refractivity contribution is 7.90. The van der Waals surface area contributed by atoms with Crippen molar-refractivity contribution in [1.82, 2.24) is 24.1 Å².